The number of carbonyl (C=O) groups is 1. The van der Waals surface area contributed by atoms with Gasteiger partial charge < -0.3 is 0 Å². The number of Topliss-reactive ketones (excluding diaryl/α,β-unsaturated/α-hetero) is 1. The third-order valence-corrected chi connectivity index (χ3v) is 1.25. The van der Waals surface area contributed by atoms with E-state index in [0.717, 1.165) is 6.42 Å². The first kappa shape index (κ1) is 8.02. The van der Waals surface area contributed by atoms with Gasteiger partial charge in [-0.25, -0.2) is 0 Å². The normalized spacial score (nSPS) is 13.4. The van der Waals surface area contributed by atoms with E-state index in [-0.39, 0.29) is 11.0 Å². The van der Waals surface area contributed by atoms with Crippen LogP contribution in [-0.4, -0.2) is 11.0 Å². The molecule has 1 nitrogen and oxygen atoms in total. The minimum Gasteiger partial charge on any atom is -0.298 e. The van der Waals surface area contributed by atoms with Crippen molar-refractivity contribution < 1.29 is 4.79 Å². The summed E-state index contributed by atoms with van der Waals surface area (Å²) in [6, 6.07) is 0. The predicted octanol–water partition coefficient (Wildman–Crippen LogP) is 1.67. The van der Waals surface area contributed by atoms with Gasteiger partial charge in [0.15, 0.2) is 0 Å². The zero-order valence-corrected chi connectivity index (χ0v) is 6.24. The Hall–Kier alpha value is 0.0200. The molecule has 0 saturated heterocycles. The highest BCUT2D eigenvalue weighted by atomic mass is 32.1. The largest absolute Gasteiger partial charge is 0.298 e. The Morgan fingerprint density at radius 3 is 2.38 bits per heavy atom. The molecule has 0 rings (SSSR count). The van der Waals surface area contributed by atoms with Crippen LogP contribution in [0.1, 0.15) is 26.7 Å². The maximum Gasteiger partial charge on any atom is 0.145 e. The Labute approximate surface area is 55.9 Å². The molecule has 0 aromatic heterocycles. The maximum atomic E-state index is 10.7. The molecule has 8 heavy (non-hydrogen) atoms. The molecule has 0 N–H and O–H groups in total. The highest BCUT2D eigenvalue weighted by Gasteiger charge is 2.04. The molecule has 0 saturated carbocycles. The molecule has 48 valence electrons. The van der Waals surface area contributed by atoms with E-state index in [0.29, 0.717) is 6.42 Å². The number of carbonyl (C=O) groups excluding carboxylic acids is 1. The van der Waals surface area contributed by atoms with Gasteiger partial charge in [-0.15, -0.1) is 0 Å². The third-order valence-electron chi connectivity index (χ3n) is 0.962. The van der Waals surface area contributed by atoms with Gasteiger partial charge in [-0.05, 0) is 13.3 Å². The molecule has 0 fully saturated rings. The van der Waals surface area contributed by atoms with E-state index in [4.69, 9.17) is 0 Å². The third kappa shape index (κ3) is 3.08. The summed E-state index contributed by atoms with van der Waals surface area (Å²) in [5, 5.41) is -0.0741. The van der Waals surface area contributed by atoms with Crippen molar-refractivity contribution in [2.45, 2.75) is 31.9 Å². The molecule has 2 heteroatoms. The molecule has 1 atom stereocenters. The summed E-state index contributed by atoms with van der Waals surface area (Å²) in [7, 11) is 0. The van der Waals surface area contributed by atoms with Crippen LogP contribution in [0.4, 0.5) is 0 Å². The zero-order chi connectivity index (χ0) is 6.57. The molecule has 0 aliphatic carbocycles. The number of hydrogen-bond acceptors (Lipinski definition) is 2. The summed E-state index contributed by atoms with van der Waals surface area (Å²) in [6.07, 6.45) is 1.61. The lowest BCUT2D eigenvalue weighted by Crippen LogP contribution is -2.08. The van der Waals surface area contributed by atoms with Crippen LogP contribution in [0.2, 0.25) is 0 Å². The second-order valence-corrected chi connectivity index (χ2v) is 2.67. The standard InChI is InChI=1S/C6H12OS/c1-3-4-6(7)5(2)8/h5,8H,3-4H2,1-2H3. The minimum absolute atomic E-state index is 0.0741. The topological polar surface area (TPSA) is 17.1 Å². The fourth-order valence-electron chi connectivity index (χ4n) is 0.455. The quantitative estimate of drug-likeness (QED) is 0.578. The molecule has 0 bridgehead atoms. The number of thiol groups is 1. The van der Waals surface area contributed by atoms with Gasteiger partial charge in [0.1, 0.15) is 5.78 Å². The van der Waals surface area contributed by atoms with Gasteiger partial charge in [0.25, 0.3) is 0 Å². The first-order chi connectivity index (χ1) is 3.68. The number of rotatable bonds is 3. The molecule has 0 spiro atoms. The Morgan fingerprint density at radius 1 is 1.75 bits per heavy atom. The summed E-state index contributed by atoms with van der Waals surface area (Å²) in [6.45, 7) is 3.80. The molecule has 0 radical (unpaired) electrons. The van der Waals surface area contributed by atoms with Crippen LogP contribution < -0.4 is 0 Å². The second-order valence-electron chi connectivity index (χ2n) is 1.89. The van der Waals surface area contributed by atoms with E-state index in [9.17, 15) is 4.79 Å². The molecular weight excluding hydrogens is 120 g/mol. The van der Waals surface area contributed by atoms with Crippen molar-refractivity contribution >= 4 is 18.4 Å². The van der Waals surface area contributed by atoms with E-state index in [1.807, 2.05) is 6.92 Å². The summed E-state index contributed by atoms with van der Waals surface area (Å²) in [5.41, 5.74) is 0. The molecule has 1 unspecified atom stereocenters. The van der Waals surface area contributed by atoms with E-state index in [2.05, 4.69) is 12.6 Å². The van der Waals surface area contributed by atoms with Crippen LogP contribution >= 0.6 is 12.6 Å². The lowest BCUT2D eigenvalue weighted by molar-refractivity contribution is -0.118. The molecular formula is C6H12OS. The van der Waals surface area contributed by atoms with E-state index in [1.54, 1.807) is 6.92 Å². The molecule has 0 aromatic rings. The molecule has 0 aliphatic rings. The summed E-state index contributed by atoms with van der Waals surface area (Å²) < 4.78 is 0. The number of hydrogen-bond donors (Lipinski definition) is 1. The molecule has 0 amide bonds. The van der Waals surface area contributed by atoms with Crippen LogP contribution in [0.25, 0.3) is 0 Å². The van der Waals surface area contributed by atoms with Crippen LogP contribution in [-0.2, 0) is 4.79 Å². The summed E-state index contributed by atoms with van der Waals surface area (Å²) >= 11 is 3.98. The highest BCUT2D eigenvalue weighted by Crippen LogP contribution is 1.99. The molecule has 0 aliphatic heterocycles. The zero-order valence-electron chi connectivity index (χ0n) is 5.35. The van der Waals surface area contributed by atoms with Crippen molar-refractivity contribution in [1.82, 2.24) is 0 Å². The Morgan fingerprint density at radius 2 is 2.25 bits per heavy atom. The van der Waals surface area contributed by atoms with Gasteiger partial charge in [-0.2, -0.15) is 12.6 Å². The monoisotopic (exact) mass is 132 g/mol. The maximum absolute atomic E-state index is 10.7. The lowest BCUT2D eigenvalue weighted by Gasteiger charge is -1.98. The van der Waals surface area contributed by atoms with Crippen molar-refractivity contribution in [2.75, 3.05) is 0 Å². The van der Waals surface area contributed by atoms with E-state index < -0.39 is 0 Å². The van der Waals surface area contributed by atoms with Gasteiger partial charge in [0.2, 0.25) is 0 Å². The lowest BCUT2D eigenvalue weighted by atomic mass is 10.2. The van der Waals surface area contributed by atoms with E-state index >= 15 is 0 Å². The van der Waals surface area contributed by atoms with Crippen LogP contribution in [0, 0.1) is 0 Å². The predicted molar refractivity (Wildman–Crippen MR) is 38.4 cm³/mol. The van der Waals surface area contributed by atoms with Gasteiger partial charge in [-0.3, -0.25) is 4.79 Å². The van der Waals surface area contributed by atoms with Gasteiger partial charge in [0.05, 0.1) is 5.25 Å². The van der Waals surface area contributed by atoms with E-state index in [1.165, 1.54) is 0 Å². The first-order valence-corrected chi connectivity index (χ1v) is 3.41. The smallest absolute Gasteiger partial charge is 0.145 e. The van der Waals surface area contributed by atoms with Crippen LogP contribution in [0.3, 0.4) is 0 Å². The molecule has 0 heterocycles. The average molecular weight is 132 g/mol. The van der Waals surface area contributed by atoms with Crippen molar-refractivity contribution in [2.24, 2.45) is 0 Å². The van der Waals surface area contributed by atoms with Crippen molar-refractivity contribution in [1.29, 1.82) is 0 Å². The van der Waals surface area contributed by atoms with Gasteiger partial charge in [-0.1, -0.05) is 6.92 Å². The highest BCUT2D eigenvalue weighted by molar-refractivity contribution is 7.81. The Balaban J connectivity index is 3.33. The SMILES string of the molecule is CCCC(=O)C(C)S. The second kappa shape index (κ2) is 3.96. The molecule has 0 aromatic carbocycles. The van der Waals surface area contributed by atoms with Crippen molar-refractivity contribution in [3.8, 4) is 0 Å². The average Bonchev–Trinajstić information content (AvgIpc) is 1.67. The Kier molecular flexibility index (Phi) is 3.97. The fourth-order valence-corrected chi connectivity index (χ4v) is 0.584. The van der Waals surface area contributed by atoms with Crippen LogP contribution in [0.15, 0.2) is 0 Å². The summed E-state index contributed by atoms with van der Waals surface area (Å²) in [4.78, 5) is 10.7. The van der Waals surface area contributed by atoms with Crippen molar-refractivity contribution in [3.63, 3.8) is 0 Å². The Bertz CT molecular complexity index is 78.6. The summed E-state index contributed by atoms with van der Waals surface area (Å²) in [5.74, 6) is 0.246. The van der Waals surface area contributed by atoms with Crippen molar-refractivity contribution in [3.05, 3.63) is 0 Å². The van der Waals surface area contributed by atoms with Gasteiger partial charge >= 0.3 is 0 Å². The van der Waals surface area contributed by atoms with Gasteiger partial charge in [0, 0.05) is 6.42 Å². The van der Waals surface area contributed by atoms with Crippen LogP contribution in [0.5, 0.6) is 0 Å². The minimum atomic E-state index is -0.0741. The fraction of sp³-hybridized carbons (Fsp3) is 0.833. The number of ketones is 1. The first-order valence-electron chi connectivity index (χ1n) is 2.89.